The van der Waals surface area contributed by atoms with Crippen LogP contribution in [0.4, 0.5) is 0 Å². The lowest BCUT2D eigenvalue weighted by atomic mass is 10.5. The maximum Gasteiger partial charge on any atom is 0.108 e. The molecular weight excluding hydrogens is 186 g/mol. The molecule has 0 aliphatic carbocycles. The number of nitrogens with zero attached hydrogens (tertiary/aromatic N) is 1. The molecule has 66 valence electrons. The predicted octanol–water partition coefficient (Wildman–Crippen LogP) is 3.32. The van der Waals surface area contributed by atoms with E-state index in [0.717, 1.165) is 9.95 Å². The number of thioether (sulfide) groups is 2. The first-order chi connectivity index (χ1) is 5.79. The Balaban J connectivity index is 4.56. The summed E-state index contributed by atoms with van der Waals surface area (Å²) in [5, 5.41) is 2.76. The van der Waals surface area contributed by atoms with Gasteiger partial charge in [-0.25, -0.2) is 0 Å². The molecule has 0 heterocycles. The van der Waals surface area contributed by atoms with Gasteiger partial charge in [0.25, 0.3) is 0 Å². The molecule has 0 aliphatic rings. The van der Waals surface area contributed by atoms with E-state index in [1.807, 2.05) is 12.3 Å². The van der Waals surface area contributed by atoms with Crippen molar-refractivity contribution < 1.29 is 0 Å². The fraction of sp³-hybridized carbons (Fsp3) is 0.222. The van der Waals surface area contributed by atoms with E-state index in [1.165, 1.54) is 11.8 Å². The van der Waals surface area contributed by atoms with Gasteiger partial charge in [-0.15, -0.1) is 11.8 Å². The topological polar surface area (TPSA) is 12.4 Å². The highest BCUT2D eigenvalue weighted by atomic mass is 32.2. The van der Waals surface area contributed by atoms with Crippen molar-refractivity contribution in [3.8, 4) is 0 Å². The van der Waals surface area contributed by atoms with Gasteiger partial charge in [0.1, 0.15) is 5.04 Å². The van der Waals surface area contributed by atoms with E-state index in [9.17, 15) is 0 Å². The van der Waals surface area contributed by atoms with Crippen LogP contribution in [-0.4, -0.2) is 18.3 Å². The Morgan fingerprint density at radius 1 is 1.42 bits per heavy atom. The predicted molar refractivity (Wildman–Crippen MR) is 62.9 cm³/mol. The van der Waals surface area contributed by atoms with Crippen molar-refractivity contribution in [2.24, 2.45) is 4.99 Å². The second kappa shape index (κ2) is 7.25. The molecule has 0 aromatic carbocycles. The van der Waals surface area contributed by atoms with Gasteiger partial charge in [0, 0.05) is 12.0 Å². The first kappa shape index (κ1) is 11.6. The smallest absolute Gasteiger partial charge is 0.108 e. The van der Waals surface area contributed by atoms with Crippen LogP contribution in [0.15, 0.2) is 40.6 Å². The Bertz CT molecular complexity index is 217. The van der Waals surface area contributed by atoms with Crippen molar-refractivity contribution in [3.63, 3.8) is 0 Å². The first-order valence-corrected chi connectivity index (χ1v) is 5.52. The zero-order chi connectivity index (χ0) is 9.40. The third-order valence-electron chi connectivity index (χ3n) is 1.10. The molecule has 0 aromatic rings. The van der Waals surface area contributed by atoms with E-state index in [1.54, 1.807) is 30.3 Å². The number of hydrogen-bond acceptors (Lipinski definition) is 3. The summed E-state index contributed by atoms with van der Waals surface area (Å²) in [4.78, 5) is 5.26. The minimum Gasteiger partial charge on any atom is -0.280 e. The maximum absolute atomic E-state index is 4.14. The Morgan fingerprint density at radius 2 is 2.08 bits per heavy atom. The van der Waals surface area contributed by atoms with Gasteiger partial charge in [-0.1, -0.05) is 31.0 Å². The van der Waals surface area contributed by atoms with Crippen LogP contribution in [0.1, 0.15) is 0 Å². The summed E-state index contributed by atoms with van der Waals surface area (Å²) < 4.78 is 0. The van der Waals surface area contributed by atoms with Gasteiger partial charge in [-0.3, -0.25) is 4.99 Å². The minimum atomic E-state index is 0.984. The Hall–Kier alpha value is -0.410. The van der Waals surface area contributed by atoms with E-state index in [4.69, 9.17) is 0 Å². The van der Waals surface area contributed by atoms with Crippen LogP contribution in [0.25, 0.3) is 0 Å². The number of rotatable bonds is 4. The van der Waals surface area contributed by atoms with Gasteiger partial charge in [-0.05, 0) is 17.7 Å². The Morgan fingerprint density at radius 3 is 2.42 bits per heavy atom. The molecule has 0 atom stereocenters. The van der Waals surface area contributed by atoms with Crippen LogP contribution in [0.2, 0.25) is 0 Å². The van der Waals surface area contributed by atoms with Crippen LogP contribution in [-0.2, 0) is 0 Å². The third kappa shape index (κ3) is 3.83. The third-order valence-corrected chi connectivity index (χ3v) is 2.79. The van der Waals surface area contributed by atoms with Crippen molar-refractivity contribution >= 4 is 28.6 Å². The lowest BCUT2D eigenvalue weighted by molar-refractivity contribution is 1.47. The Labute approximate surface area is 82.7 Å². The quantitative estimate of drug-likeness (QED) is 0.391. The van der Waals surface area contributed by atoms with Gasteiger partial charge < -0.3 is 0 Å². The largest absolute Gasteiger partial charge is 0.280 e. The Kier molecular flexibility index (Phi) is 7.00. The van der Waals surface area contributed by atoms with Crippen molar-refractivity contribution in [2.75, 3.05) is 13.3 Å². The highest BCUT2D eigenvalue weighted by Gasteiger charge is 2.02. The standard InChI is InChI=1S/C9H13NS2/c1-5-7-8(11-4)9(10-3)12-6-2/h5-7H,1-2H2,3-4H3/b8-7-,10-9-. The number of allylic oxidation sites excluding steroid dienone is 2. The highest BCUT2D eigenvalue weighted by Crippen LogP contribution is 2.21. The van der Waals surface area contributed by atoms with Crippen LogP contribution in [0, 0.1) is 0 Å². The van der Waals surface area contributed by atoms with Gasteiger partial charge in [0.05, 0.1) is 0 Å². The van der Waals surface area contributed by atoms with E-state index >= 15 is 0 Å². The molecule has 0 bridgehead atoms. The summed E-state index contributed by atoms with van der Waals surface area (Å²) in [5.74, 6) is 0. The molecule has 0 radical (unpaired) electrons. The lowest BCUT2D eigenvalue weighted by Crippen LogP contribution is -1.91. The van der Waals surface area contributed by atoms with Gasteiger partial charge >= 0.3 is 0 Å². The van der Waals surface area contributed by atoms with Crippen LogP contribution >= 0.6 is 23.5 Å². The van der Waals surface area contributed by atoms with Crippen molar-refractivity contribution in [1.29, 1.82) is 0 Å². The highest BCUT2D eigenvalue weighted by molar-refractivity contribution is 8.19. The van der Waals surface area contributed by atoms with Crippen molar-refractivity contribution in [1.82, 2.24) is 0 Å². The molecule has 1 nitrogen and oxygen atoms in total. The molecule has 0 unspecified atom stereocenters. The molecule has 12 heavy (non-hydrogen) atoms. The van der Waals surface area contributed by atoms with Crippen LogP contribution in [0.3, 0.4) is 0 Å². The van der Waals surface area contributed by atoms with Crippen molar-refractivity contribution in [3.05, 3.63) is 35.6 Å². The second-order valence-electron chi connectivity index (χ2n) is 1.78. The monoisotopic (exact) mass is 199 g/mol. The SMILES string of the molecule is C=C/C=C(SC)/C(=N/C)SC=C. The molecule has 0 saturated heterocycles. The maximum atomic E-state index is 4.14. The van der Waals surface area contributed by atoms with Crippen LogP contribution < -0.4 is 0 Å². The van der Waals surface area contributed by atoms with E-state index in [-0.39, 0.29) is 0 Å². The molecule has 0 aromatic heterocycles. The molecule has 0 spiro atoms. The molecule has 3 heteroatoms. The average molecular weight is 199 g/mol. The van der Waals surface area contributed by atoms with Gasteiger partial charge in [-0.2, -0.15) is 0 Å². The molecule has 0 aliphatic heterocycles. The molecular formula is C9H13NS2. The summed E-state index contributed by atoms with van der Waals surface area (Å²) >= 11 is 3.18. The summed E-state index contributed by atoms with van der Waals surface area (Å²) in [6, 6.07) is 0. The van der Waals surface area contributed by atoms with Gasteiger partial charge in [0.2, 0.25) is 0 Å². The first-order valence-electron chi connectivity index (χ1n) is 3.41. The van der Waals surface area contributed by atoms with E-state index in [0.29, 0.717) is 0 Å². The number of hydrogen-bond donors (Lipinski definition) is 0. The van der Waals surface area contributed by atoms with Crippen LogP contribution in [0.5, 0.6) is 0 Å². The molecule has 0 amide bonds. The van der Waals surface area contributed by atoms with Gasteiger partial charge in [0.15, 0.2) is 0 Å². The summed E-state index contributed by atoms with van der Waals surface area (Å²) in [6.07, 6.45) is 5.73. The summed E-state index contributed by atoms with van der Waals surface area (Å²) in [7, 11) is 1.78. The fourth-order valence-corrected chi connectivity index (χ4v) is 1.97. The normalized spacial score (nSPS) is 12.8. The van der Waals surface area contributed by atoms with E-state index < -0.39 is 0 Å². The molecule has 0 rings (SSSR count). The van der Waals surface area contributed by atoms with E-state index in [2.05, 4.69) is 18.2 Å². The average Bonchev–Trinajstić information content (AvgIpc) is 2.11. The summed E-state index contributed by atoms with van der Waals surface area (Å²) in [5.41, 5.74) is 0. The lowest BCUT2D eigenvalue weighted by Gasteiger charge is -2.02. The molecule has 0 saturated carbocycles. The zero-order valence-electron chi connectivity index (χ0n) is 7.41. The molecule has 0 fully saturated rings. The van der Waals surface area contributed by atoms with Crippen molar-refractivity contribution in [2.45, 2.75) is 0 Å². The zero-order valence-corrected chi connectivity index (χ0v) is 9.04. The summed E-state index contributed by atoms with van der Waals surface area (Å²) in [6.45, 7) is 7.29. The molecule has 0 N–H and O–H groups in total. The minimum absolute atomic E-state index is 0.984. The number of aliphatic imine (C=N–C) groups is 1. The fourth-order valence-electron chi connectivity index (χ4n) is 0.634. The second-order valence-corrected chi connectivity index (χ2v) is 3.59.